The average Bonchev–Trinajstić information content (AvgIpc) is 2.93. The third-order valence-corrected chi connectivity index (χ3v) is 6.35. The largest absolute Gasteiger partial charge is 0.368 e. The van der Waals surface area contributed by atoms with E-state index in [1.54, 1.807) is 36.5 Å². The van der Waals surface area contributed by atoms with E-state index < -0.39 is 5.91 Å². The highest BCUT2D eigenvalue weighted by molar-refractivity contribution is 5.88. The van der Waals surface area contributed by atoms with Gasteiger partial charge in [0.15, 0.2) is 0 Å². The predicted octanol–water partition coefficient (Wildman–Crippen LogP) is 3.70. The lowest BCUT2D eigenvalue weighted by Crippen LogP contribution is -2.47. The summed E-state index contributed by atoms with van der Waals surface area (Å²) in [5, 5.41) is 0. The smallest absolute Gasteiger partial charge is 0.242 e. The Hall–Kier alpha value is -4.14. The Kier molecular flexibility index (Phi) is 11.6. The highest BCUT2D eigenvalue weighted by Gasteiger charge is 2.22. The van der Waals surface area contributed by atoms with Gasteiger partial charge in [0.1, 0.15) is 11.6 Å². The molecule has 3 rings (SSSR count). The van der Waals surface area contributed by atoms with E-state index in [0.29, 0.717) is 25.7 Å². The number of aromatic nitrogens is 1. The second kappa shape index (κ2) is 15.3. The minimum atomic E-state index is -0.644. The number of rotatable bonds is 15. The van der Waals surface area contributed by atoms with Crippen LogP contribution < -0.4 is 5.73 Å². The summed E-state index contributed by atoms with van der Waals surface area (Å²) in [6.45, 7) is 0.0338. The number of carbonyl (C=O) groups is 3. The standard InChI is InChI=1S/C30H34F2N4O3/c31-25-12-8-23(9-13-25)5-1-2-7-29(38)36(19-16-24-10-14-26(32)15-11-24)22-30(39)35(21-28(33)37)20-17-27-6-3-4-18-34-27/h3-4,6,8-15,18H,1-2,5,7,16-17,19-22H2,(H2,33,37). The van der Waals surface area contributed by atoms with Crippen molar-refractivity contribution in [1.82, 2.24) is 14.8 Å². The van der Waals surface area contributed by atoms with Crippen LogP contribution in [0.25, 0.3) is 0 Å². The Labute approximate surface area is 227 Å². The highest BCUT2D eigenvalue weighted by Crippen LogP contribution is 2.11. The molecule has 0 unspecified atom stereocenters. The van der Waals surface area contributed by atoms with Crippen LogP contribution in [-0.4, -0.2) is 58.7 Å². The molecule has 0 fully saturated rings. The van der Waals surface area contributed by atoms with Crippen LogP contribution in [0.1, 0.15) is 36.1 Å². The number of halogens is 2. The number of benzene rings is 2. The van der Waals surface area contributed by atoms with Gasteiger partial charge < -0.3 is 15.5 Å². The van der Waals surface area contributed by atoms with Crippen LogP contribution in [0.4, 0.5) is 8.78 Å². The van der Waals surface area contributed by atoms with E-state index in [-0.39, 0.29) is 56.0 Å². The Morgan fingerprint density at radius 1 is 0.692 bits per heavy atom. The van der Waals surface area contributed by atoms with Crippen molar-refractivity contribution in [1.29, 1.82) is 0 Å². The fourth-order valence-electron chi connectivity index (χ4n) is 4.16. The summed E-state index contributed by atoms with van der Waals surface area (Å²) in [6.07, 6.45) is 4.81. The number of nitrogens with zero attached hydrogens (tertiary/aromatic N) is 3. The van der Waals surface area contributed by atoms with Crippen LogP contribution in [-0.2, 0) is 33.6 Å². The topological polar surface area (TPSA) is 96.6 Å². The van der Waals surface area contributed by atoms with Crippen molar-refractivity contribution in [3.63, 3.8) is 0 Å². The molecule has 3 amide bonds. The maximum atomic E-state index is 13.3. The summed E-state index contributed by atoms with van der Waals surface area (Å²) in [6, 6.07) is 17.7. The summed E-state index contributed by atoms with van der Waals surface area (Å²) >= 11 is 0. The maximum Gasteiger partial charge on any atom is 0.242 e. The Balaban J connectivity index is 1.62. The zero-order valence-electron chi connectivity index (χ0n) is 21.9. The van der Waals surface area contributed by atoms with Crippen molar-refractivity contribution in [3.05, 3.63) is 101 Å². The van der Waals surface area contributed by atoms with Gasteiger partial charge in [0, 0.05) is 37.8 Å². The first-order valence-corrected chi connectivity index (χ1v) is 13.0. The number of amides is 3. The first-order valence-electron chi connectivity index (χ1n) is 13.0. The molecule has 3 aromatic rings. The summed E-state index contributed by atoms with van der Waals surface area (Å²) in [7, 11) is 0. The first-order chi connectivity index (χ1) is 18.8. The quantitative estimate of drug-likeness (QED) is 0.300. The van der Waals surface area contributed by atoms with Gasteiger partial charge in [-0.25, -0.2) is 8.78 Å². The van der Waals surface area contributed by atoms with E-state index >= 15 is 0 Å². The van der Waals surface area contributed by atoms with Gasteiger partial charge in [-0.1, -0.05) is 30.3 Å². The normalized spacial score (nSPS) is 10.7. The summed E-state index contributed by atoms with van der Waals surface area (Å²) in [5.41, 5.74) is 7.99. The number of unbranched alkanes of at least 4 members (excludes halogenated alkanes) is 1. The summed E-state index contributed by atoms with van der Waals surface area (Å²) in [4.78, 5) is 45.2. The summed E-state index contributed by atoms with van der Waals surface area (Å²) < 4.78 is 26.4. The number of hydrogen-bond acceptors (Lipinski definition) is 4. The van der Waals surface area contributed by atoms with Crippen molar-refractivity contribution in [2.75, 3.05) is 26.2 Å². The minimum Gasteiger partial charge on any atom is -0.368 e. The molecule has 206 valence electrons. The van der Waals surface area contributed by atoms with Gasteiger partial charge in [-0.3, -0.25) is 19.4 Å². The molecule has 7 nitrogen and oxygen atoms in total. The molecule has 0 aliphatic carbocycles. The fourth-order valence-corrected chi connectivity index (χ4v) is 4.16. The van der Waals surface area contributed by atoms with E-state index in [2.05, 4.69) is 4.98 Å². The van der Waals surface area contributed by atoms with Crippen LogP contribution >= 0.6 is 0 Å². The lowest BCUT2D eigenvalue weighted by Gasteiger charge is -2.27. The fraction of sp³-hybridized carbons (Fsp3) is 0.333. The molecule has 0 aliphatic heterocycles. The summed E-state index contributed by atoms with van der Waals surface area (Å²) in [5.74, 6) is -1.86. The molecule has 0 bridgehead atoms. The van der Waals surface area contributed by atoms with Crippen molar-refractivity contribution < 1.29 is 23.2 Å². The molecular weight excluding hydrogens is 502 g/mol. The lowest BCUT2D eigenvalue weighted by atomic mass is 10.1. The third kappa shape index (κ3) is 10.6. The molecule has 0 saturated heterocycles. The van der Waals surface area contributed by atoms with Crippen LogP contribution in [0.3, 0.4) is 0 Å². The minimum absolute atomic E-state index is 0.187. The number of primary amides is 1. The van der Waals surface area contributed by atoms with Gasteiger partial charge in [0.2, 0.25) is 17.7 Å². The Bertz CT molecular complexity index is 1210. The van der Waals surface area contributed by atoms with E-state index in [9.17, 15) is 23.2 Å². The molecule has 0 spiro atoms. The highest BCUT2D eigenvalue weighted by atomic mass is 19.1. The SMILES string of the molecule is NC(=O)CN(CCc1ccccn1)C(=O)CN(CCc1ccc(F)cc1)C(=O)CCCCc1ccc(F)cc1. The van der Waals surface area contributed by atoms with Gasteiger partial charge in [-0.2, -0.15) is 0 Å². The zero-order chi connectivity index (χ0) is 28.0. The molecule has 0 atom stereocenters. The van der Waals surface area contributed by atoms with Crippen molar-refractivity contribution in [3.8, 4) is 0 Å². The zero-order valence-corrected chi connectivity index (χ0v) is 21.9. The van der Waals surface area contributed by atoms with E-state index in [1.807, 2.05) is 12.1 Å². The second-order valence-corrected chi connectivity index (χ2v) is 9.38. The Morgan fingerprint density at radius 3 is 1.87 bits per heavy atom. The van der Waals surface area contributed by atoms with Gasteiger partial charge in [-0.05, 0) is 73.2 Å². The number of carbonyl (C=O) groups excluding carboxylic acids is 3. The molecule has 2 N–H and O–H groups in total. The first kappa shape index (κ1) is 29.4. The van der Waals surface area contributed by atoms with Crippen molar-refractivity contribution >= 4 is 17.7 Å². The van der Waals surface area contributed by atoms with Crippen LogP contribution in [0.2, 0.25) is 0 Å². The second-order valence-electron chi connectivity index (χ2n) is 9.38. The molecule has 9 heteroatoms. The monoisotopic (exact) mass is 536 g/mol. The number of pyridine rings is 1. The van der Waals surface area contributed by atoms with Gasteiger partial charge in [-0.15, -0.1) is 0 Å². The molecule has 1 aromatic heterocycles. The average molecular weight is 537 g/mol. The lowest BCUT2D eigenvalue weighted by molar-refractivity contribution is -0.141. The molecule has 2 aromatic carbocycles. The van der Waals surface area contributed by atoms with E-state index in [0.717, 1.165) is 23.2 Å². The molecule has 0 saturated carbocycles. The number of aryl methyl sites for hydroxylation is 1. The van der Waals surface area contributed by atoms with Crippen molar-refractivity contribution in [2.45, 2.75) is 38.5 Å². The molecule has 39 heavy (non-hydrogen) atoms. The molecule has 1 heterocycles. The molecular formula is C30H34F2N4O3. The number of nitrogens with two attached hydrogens (primary N) is 1. The van der Waals surface area contributed by atoms with Gasteiger partial charge in [0.25, 0.3) is 0 Å². The van der Waals surface area contributed by atoms with Gasteiger partial charge in [0.05, 0.1) is 13.1 Å². The van der Waals surface area contributed by atoms with Crippen molar-refractivity contribution in [2.24, 2.45) is 5.73 Å². The predicted molar refractivity (Wildman–Crippen MR) is 144 cm³/mol. The Morgan fingerprint density at radius 2 is 1.28 bits per heavy atom. The van der Waals surface area contributed by atoms with E-state index in [4.69, 9.17) is 5.73 Å². The third-order valence-electron chi connectivity index (χ3n) is 6.35. The molecule has 0 radical (unpaired) electrons. The molecule has 0 aliphatic rings. The van der Waals surface area contributed by atoms with Crippen LogP contribution in [0.15, 0.2) is 72.9 Å². The van der Waals surface area contributed by atoms with Gasteiger partial charge >= 0.3 is 0 Å². The number of hydrogen-bond donors (Lipinski definition) is 1. The maximum absolute atomic E-state index is 13.3. The van der Waals surface area contributed by atoms with Crippen LogP contribution in [0, 0.1) is 11.6 Å². The van der Waals surface area contributed by atoms with E-state index in [1.165, 1.54) is 34.1 Å². The van der Waals surface area contributed by atoms with Crippen LogP contribution in [0.5, 0.6) is 0 Å².